The Balaban J connectivity index is 1.61. The molecule has 1 aromatic heterocycles. The van der Waals surface area contributed by atoms with Crippen LogP contribution in [0.1, 0.15) is 19.8 Å². The predicted molar refractivity (Wildman–Crippen MR) is 165 cm³/mol. The van der Waals surface area contributed by atoms with E-state index in [0.29, 0.717) is 46.3 Å². The summed E-state index contributed by atoms with van der Waals surface area (Å²) in [5.41, 5.74) is 1.55. The van der Waals surface area contributed by atoms with Gasteiger partial charge < -0.3 is 30.0 Å². The second-order valence-electron chi connectivity index (χ2n) is 9.78. The topological polar surface area (TPSA) is 118 Å². The molecule has 12 heteroatoms. The van der Waals surface area contributed by atoms with Gasteiger partial charge in [0.25, 0.3) is 5.91 Å². The highest BCUT2D eigenvalue weighted by molar-refractivity contribution is 7.70. The van der Waals surface area contributed by atoms with E-state index < -0.39 is 13.0 Å². The molecule has 1 saturated heterocycles. The van der Waals surface area contributed by atoms with Crippen molar-refractivity contribution in [1.29, 1.82) is 0 Å². The van der Waals surface area contributed by atoms with E-state index >= 15 is 0 Å². The number of carbonyl (C=O) groups excluding carboxylic acids is 1. The summed E-state index contributed by atoms with van der Waals surface area (Å²) < 4.78 is 24.5. The van der Waals surface area contributed by atoms with Gasteiger partial charge in [0.2, 0.25) is 5.95 Å². The van der Waals surface area contributed by atoms with Crippen molar-refractivity contribution in [3.8, 4) is 23.3 Å². The number of amides is 1. The molecule has 2 heterocycles. The number of halogens is 1. The molecule has 2 aromatic carbocycles. The highest BCUT2D eigenvalue weighted by atomic mass is 35.5. The van der Waals surface area contributed by atoms with E-state index in [-0.39, 0.29) is 11.0 Å². The lowest BCUT2D eigenvalue weighted by Crippen LogP contribution is -2.25. The standard InChI is InChI=1S/C29H34ClN6O4P/c1-5-10-27(37)32-23-17-22(24(39-2)18-25(23)40-16-15-36-13-8-9-14-36)34-29-31-19-20(30)28(35-29)33-21-11-6-7-12-26(21)41(3,4)38/h6-7,11-12,17-19H,8-9,13-16H2,1-4H3,(H,32,37)(H2,31,33,34,35). The van der Waals surface area contributed by atoms with Crippen LogP contribution in [0.15, 0.2) is 42.6 Å². The molecule has 1 aliphatic heterocycles. The van der Waals surface area contributed by atoms with Crippen molar-refractivity contribution < 1.29 is 18.8 Å². The normalized spacial score (nSPS) is 13.2. The van der Waals surface area contributed by atoms with E-state index in [0.717, 1.165) is 19.6 Å². The number of hydrogen-bond acceptors (Lipinski definition) is 9. The van der Waals surface area contributed by atoms with Crippen LogP contribution in [-0.4, -0.2) is 67.5 Å². The predicted octanol–water partition coefficient (Wildman–Crippen LogP) is 5.31. The molecule has 0 unspecified atom stereocenters. The number of anilines is 5. The number of likely N-dealkylation sites (tertiary alicyclic amines) is 1. The van der Waals surface area contributed by atoms with Gasteiger partial charge in [-0.3, -0.25) is 9.69 Å². The summed E-state index contributed by atoms with van der Waals surface area (Å²) in [6, 6.07) is 10.7. The lowest BCUT2D eigenvalue weighted by atomic mass is 10.2. The number of benzene rings is 2. The number of nitrogens with zero attached hydrogens (tertiary/aromatic N) is 3. The summed E-state index contributed by atoms with van der Waals surface area (Å²) in [4.78, 5) is 23.5. The Labute approximate surface area is 245 Å². The average molecular weight is 597 g/mol. The third kappa shape index (κ3) is 8.14. The first-order valence-corrected chi connectivity index (χ1v) is 16.2. The first-order valence-electron chi connectivity index (χ1n) is 13.2. The molecule has 4 rings (SSSR count). The molecule has 3 aromatic rings. The Morgan fingerprint density at radius 2 is 1.85 bits per heavy atom. The van der Waals surface area contributed by atoms with Crippen LogP contribution >= 0.6 is 18.7 Å². The second kappa shape index (κ2) is 13.7. The molecule has 0 aliphatic carbocycles. The van der Waals surface area contributed by atoms with E-state index in [9.17, 15) is 9.36 Å². The van der Waals surface area contributed by atoms with Crippen molar-refractivity contribution in [1.82, 2.24) is 14.9 Å². The quantitative estimate of drug-likeness (QED) is 0.200. The Bertz CT molecular complexity index is 1510. The van der Waals surface area contributed by atoms with Gasteiger partial charge in [0.15, 0.2) is 5.82 Å². The zero-order valence-electron chi connectivity index (χ0n) is 23.6. The molecule has 1 fully saturated rings. The molecule has 0 radical (unpaired) electrons. The first kappa shape index (κ1) is 30.2. The highest BCUT2D eigenvalue weighted by Gasteiger charge is 2.19. The Morgan fingerprint density at radius 3 is 2.56 bits per heavy atom. The fourth-order valence-electron chi connectivity index (χ4n) is 4.41. The third-order valence-corrected chi connectivity index (χ3v) is 8.21. The fraction of sp³-hybridized carbons (Fsp3) is 0.345. The maximum Gasteiger partial charge on any atom is 0.300 e. The van der Waals surface area contributed by atoms with Gasteiger partial charge in [-0.2, -0.15) is 4.98 Å². The third-order valence-electron chi connectivity index (χ3n) is 6.38. The number of carbonyl (C=O) groups is 1. The lowest BCUT2D eigenvalue weighted by Gasteiger charge is -2.19. The molecule has 0 saturated carbocycles. The number of nitrogens with one attached hydrogen (secondary N) is 3. The number of aromatic nitrogens is 2. The molecule has 0 atom stereocenters. The number of hydrogen-bond donors (Lipinski definition) is 3. The highest BCUT2D eigenvalue weighted by Crippen LogP contribution is 2.40. The molecule has 216 valence electrons. The van der Waals surface area contributed by atoms with Crippen molar-refractivity contribution in [3.05, 3.63) is 47.6 Å². The van der Waals surface area contributed by atoms with Crippen molar-refractivity contribution in [2.75, 3.05) is 62.6 Å². The Kier molecular flexibility index (Phi) is 10.1. The molecule has 41 heavy (non-hydrogen) atoms. The minimum Gasteiger partial charge on any atom is -0.494 e. The van der Waals surface area contributed by atoms with Crippen LogP contribution in [0.3, 0.4) is 0 Å². The SMILES string of the molecule is CC#CC(=O)Nc1cc(Nc2ncc(Cl)c(Nc3ccccc3P(C)(C)=O)n2)c(OC)cc1OCCN1CCCC1. The number of ether oxygens (including phenoxy) is 2. The Hall–Kier alpha value is -3.77. The van der Waals surface area contributed by atoms with Crippen molar-refractivity contribution in [3.63, 3.8) is 0 Å². The molecule has 0 bridgehead atoms. The second-order valence-corrected chi connectivity index (χ2v) is 13.4. The molecule has 1 aliphatic rings. The van der Waals surface area contributed by atoms with E-state index in [4.69, 9.17) is 21.1 Å². The maximum absolute atomic E-state index is 12.8. The van der Waals surface area contributed by atoms with E-state index in [1.165, 1.54) is 26.1 Å². The number of methoxy groups -OCH3 is 1. The molecule has 1 amide bonds. The molecular formula is C29H34ClN6O4P. The van der Waals surface area contributed by atoms with Crippen LogP contribution in [0.25, 0.3) is 0 Å². The summed E-state index contributed by atoms with van der Waals surface area (Å²) in [7, 11) is -1.03. The summed E-state index contributed by atoms with van der Waals surface area (Å²) in [5.74, 6) is 6.09. The van der Waals surface area contributed by atoms with E-state index in [1.54, 1.807) is 32.4 Å². The van der Waals surface area contributed by atoms with Crippen LogP contribution in [0.5, 0.6) is 11.5 Å². The summed E-state index contributed by atoms with van der Waals surface area (Å²) >= 11 is 6.41. The molecular weight excluding hydrogens is 563 g/mol. The summed E-state index contributed by atoms with van der Waals surface area (Å²) in [5, 5.41) is 10.1. The summed E-state index contributed by atoms with van der Waals surface area (Å²) in [6.07, 6.45) is 3.85. The van der Waals surface area contributed by atoms with Crippen LogP contribution in [0, 0.1) is 11.8 Å². The van der Waals surface area contributed by atoms with Gasteiger partial charge in [-0.25, -0.2) is 4.98 Å². The van der Waals surface area contributed by atoms with Gasteiger partial charge in [0.05, 0.1) is 30.4 Å². The van der Waals surface area contributed by atoms with Crippen LogP contribution in [0.4, 0.5) is 28.8 Å². The minimum absolute atomic E-state index is 0.220. The van der Waals surface area contributed by atoms with Crippen molar-refractivity contribution >= 4 is 58.8 Å². The average Bonchev–Trinajstić information content (AvgIpc) is 3.45. The molecule has 0 spiro atoms. The Morgan fingerprint density at radius 1 is 1.10 bits per heavy atom. The molecule has 10 nitrogen and oxygen atoms in total. The summed E-state index contributed by atoms with van der Waals surface area (Å²) in [6.45, 7) is 8.36. The largest absolute Gasteiger partial charge is 0.494 e. The maximum atomic E-state index is 12.8. The lowest BCUT2D eigenvalue weighted by molar-refractivity contribution is -0.111. The van der Waals surface area contributed by atoms with Crippen molar-refractivity contribution in [2.45, 2.75) is 19.8 Å². The molecule has 3 N–H and O–H groups in total. The smallest absolute Gasteiger partial charge is 0.300 e. The monoisotopic (exact) mass is 596 g/mol. The van der Waals surface area contributed by atoms with Crippen LogP contribution in [-0.2, 0) is 9.36 Å². The van der Waals surface area contributed by atoms with E-state index in [1.807, 2.05) is 24.3 Å². The van der Waals surface area contributed by atoms with E-state index in [2.05, 4.69) is 42.7 Å². The van der Waals surface area contributed by atoms with Gasteiger partial charge in [-0.1, -0.05) is 29.7 Å². The zero-order valence-corrected chi connectivity index (χ0v) is 25.2. The number of rotatable bonds is 11. The van der Waals surface area contributed by atoms with Crippen molar-refractivity contribution in [2.24, 2.45) is 0 Å². The van der Waals surface area contributed by atoms with Gasteiger partial charge in [-0.15, -0.1) is 0 Å². The van der Waals surface area contributed by atoms with Gasteiger partial charge in [-0.05, 0) is 70.3 Å². The minimum atomic E-state index is -2.57. The van der Waals surface area contributed by atoms with Crippen LogP contribution < -0.4 is 30.7 Å². The number of para-hydroxylation sites is 1. The fourth-order valence-corrected chi connectivity index (χ4v) is 5.71. The zero-order chi connectivity index (χ0) is 29.4. The first-order chi connectivity index (χ1) is 19.7. The van der Waals surface area contributed by atoms with Gasteiger partial charge >= 0.3 is 0 Å². The van der Waals surface area contributed by atoms with Crippen LogP contribution in [0.2, 0.25) is 5.02 Å². The van der Waals surface area contributed by atoms with Gasteiger partial charge in [0, 0.05) is 17.9 Å². The van der Waals surface area contributed by atoms with Gasteiger partial charge in [0.1, 0.15) is 30.3 Å².